The zero-order valence-electron chi connectivity index (χ0n) is 11.7. The highest BCUT2D eigenvalue weighted by Gasteiger charge is 2.13. The van der Waals surface area contributed by atoms with Crippen molar-refractivity contribution in [3.05, 3.63) is 29.3 Å². The van der Waals surface area contributed by atoms with Crippen molar-refractivity contribution in [2.45, 2.75) is 20.1 Å². The van der Waals surface area contributed by atoms with E-state index in [1.165, 1.54) is 18.2 Å². The van der Waals surface area contributed by atoms with Gasteiger partial charge in [0, 0.05) is 6.85 Å². The van der Waals surface area contributed by atoms with Crippen molar-refractivity contribution >= 4 is 12.6 Å². The number of hydrogen-bond donors (Lipinski definition) is 2. The van der Waals surface area contributed by atoms with Crippen LogP contribution in [-0.2, 0) is 6.37 Å². The SMILES string of the molecule is [2H]C([2H])([2H])C([2H])([2H])c1ccc(C)c(B(O)O)c1. The molecule has 1 aromatic carbocycles. The molecule has 0 bridgehead atoms. The molecule has 0 fully saturated rings. The monoisotopic (exact) mass is 169 g/mol. The summed E-state index contributed by atoms with van der Waals surface area (Å²) in [4.78, 5) is 0. The molecule has 0 spiro atoms. The fourth-order valence-electron chi connectivity index (χ4n) is 0.996. The molecule has 2 N–H and O–H groups in total. The molecule has 12 heavy (non-hydrogen) atoms. The minimum absolute atomic E-state index is 0.0915. The van der Waals surface area contributed by atoms with Crippen LogP contribution in [0.2, 0.25) is 0 Å². The average molecular weight is 169 g/mol. The third kappa shape index (κ3) is 1.87. The van der Waals surface area contributed by atoms with Gasteiger partial charge >= 0.3 is 7.12 Å². The predicted octanol–water partition coefficient (Wildman–Crippen LogP) is 0.237. The lowest BCUT2D eigenvalue weighted by Gasteiger charge is -2.05. The summed E-state index contributed by atoms with van der Waals surface area (Å²) in [5.74, 6) is 0. The molecular formula is C9H13BO2. The zero-order valence-corrected chi connectivity index (χ0v) is 6.70. The number of aryl methyl sites for hydroxylation is 2. The summed E-state index contributed by atoms with van der Waals surface area (Å²) in [6.45, 7) is -1.18. The van der Waals surface area contributed by atoms with E-state index in [2.05, 4.69) is 0 Å². The summed E-state index contributed by atoms with van der Waals surface area (Å²) in [7, 11) is -1.75. The summed E-state index contributed by atoms with van der Waals surface area (Å²) in [6.07, 6.45) is -2.52. The van der Waals surface area contributed by atoms with Crippen molar-refractivity contribution < 1.29 is 16.9 Å². The molecule has 0 aliphatic rings. The van der Waals surface area contributed by atoms with Crippen LogP contribution in [0.1, 0.15) is 24.8 Å². The van der Waals surface area contributed by atoms with E-state index < -0.39 is 20.3 Å². The molecule has 0 aromatic heterocycles. The van der Waals surface area contributed by atoms with E-state index in [0.29, 0.717) is 5.56 Å². The van der Waals surface area contributed by atoms with Gasteiger partial charge in [-0.15, -0.1) is 0 Å². The van der Waals surface area contributed by atoms with Gasteiger partial charge in [-0.1, -0.05) is 30.6 Å². The lowest BCUT2D eigenvalue weighted by atomic mass is 9.76. The minimum Gasteiger partial charge on any atom is -0.423 e. The van der Waals surface area contributed by atoms with Gasteiger partial charge < -0.3 is 10.0 Å². The van der Waals surface area contributed by atoms with E-state index in [1.807, 2.05) is 0 Å². The molecule has 1 rings (SSSR count). The Morgan fingerprint density at radius 1 is 1.58 bits per heavy atom. The highest BCUT2D eigenvalue weighted by Crippen LogP contribution is 2.01. The standard InChI is InChI=1S/C9H13BO2/c1-3-8-5-4-7(2)9(6-8)10(11)12/h4-6,11-12H,3H2,1-2H3/i1D3,3D2. The van der Waals surface area contributed by atoms with E-state index >= 15 is 0 Å². The van der Waals surface area contributed by atoms with E-state index in [4.69, 9.17) is 16.9 Å². The van der Waals surface area contributed by atoms with Gasteiger partial charge in [0.25, 0.3) is 0 Å². The van der Waals surface area contributed by atoms with Crippen molar-refractivity contribution in [1.82, 2.24) is 0 Å². The van der Waals surface area contributed by atoms with Crippen LogP contribution in [-0.4, -0.2) is 17.2 Å². The van der Waals surface area contributed by atoms with Crippen LogP contribution < -0.4 is 5.46 Å². The maximum atomic E-state index is 9.09. The first-order valence-corrected chi connectivity index (χ1v) is 3.54. The minimum atomic E-state index is -2.81. The molecule has 0 aliphatic carbocycles. The molecule has 3 heteroatoms. The Morgan fingerprint density at radius 3 is 2.92 bits per heavy atom. The zero-order chi connectivity index (χ0) is 13.4. The summed E-state index contributed by atoms with van der Waals surface area (Å²) in [5, 5.41) is 18.2. The molecular weight excluding hydrogens is 151 g/mol. The fraction of sp³-hybridized carbons (Fsp3) is 0.333. The smallest absolute Gasteiger partial charge is 0.423 e. The summed E-state index contributed by atoms with van der Waals surface area (Å²) >= 11 is 0. The Labute approximate surface area is 80.0 Å². The van der Waals surface area contributed by atoms with Crippen LogP contribution in [0.5, 0.6) is 0 Å². The Balaban J connectivity index is 3.30. The lowest BCUT2D eigenvalue weighted by Crippen LogP contribution is -2.32. The second-order valence-electron chi connectivity index (χ2n) is 2.57. The molecule has 0 radical (unpaired) electrons. The second-order valence-corrected chi connectivity index (χ2v) is 2.57. The van der Waals surface area contributed by atoms with Crippen molar-refractivity contribution in [2.24, 2.45) is 0 Å². The van der Waals surface area contributed by atoms with Crippen molar-refractivity contribution in [3.63, 3.8) is 0 Å². The van der Waals surface area contributed by atoms with Gasteiger partial charge in [-0.05, 0) is 24.3 Å². The van der Waals surface area contributed by atoms with Crippen molar-refractivity contribution in [1.29, 1.82) is 0 Å². The average Bonchev–Trinajstić information content (AvgIpc) is 2.15. The van der Waals surface area contributed by atoms with Gasteiger partial charge in [0.2, 0.25) is 0 Å². The van der Waals surface area contributed by atoms with Crippen LogP contribution in [0.25, 0.3) is 0 Å². The molecule has 2 nitrogen and oxygen atoms in total. The molecule has 0 saturated carbocycles. The second kappa shape index (κ2) is 3.74. The molecule has 1 aromatic rings. The normalized spacial score (nSPS) is 18.4. The van der Waals surface area contributed by atoms with E-state index in [-0.39, 0.29) is 11.0 Å². The molecule has 0 amide bonds. The van der Waals surface area contributed by atoms with Crippen molar-refractivity contribution in [3.8, 4) is 0 Å². The molecule has 0 atom stereocenters. The third-order valence-corrected chi connectivity index (χ3v) is 1.70. The summed E-state index contributed by atoms with van der Waals surface area (Å²) in [5.41, 5.74) is 0.576. The van der Waals surface area contributed by atoms with E-state index in [0.717, 1.165) is 0 Å². The van der Waals surface area contributed by atoms with Gasteiger partial charge in [-0.2, -0.15) is 0 Å². The van der Waals surface area contributed by atoms with Crippen LogP contribution in [0.15, 0.2) is 18.2 Å². The molecule has 0 heterocycles. The number of rotatable bonds is 2. The van der Waals surface area contributed by atoms with Crippen molar-refractivity contribution in [2.75, 3.05) is 0 Å². The highest BCUT2D eigenvalue weighted by molar-refractivity contribution is 6.59. The number of benzene rings is 1. The van der Waals surface area contributed by atoms with Crippen LogP contribution in [0.3, 0.4) is 0 Å². The van der Waals surface area contributed by atoms with Crippen LogP contribution in [0, 0.1) is 6.92 Å². The van der Waals surface area contributed by atoms with E-state index in [1.54, 1.807) is 6.92 Å². The first-order chi connectivity index (χ1) is 7.57. The van der Waals surface area contributed by atoms with Gasteiger partial charge in [0.15, 0.2) is 0 Å². The van der Waals surface area contributed by atoms with Crippen LogP contribution >= 0.6 is 0 Å². The number of hydrogen-bond acceptors (Lipinski definition) is 2. The quantitative estimate of drug-likeness (QED) is 0.622. The summed E-state index contributed by atoms with van der Waals surface area (Å²) < 4.78 is 36.5. The largest absolute Gasteiger partial charge is 0.488 e. The first kappa shape index (κ1) is 4.44. The molecule has 0 saturated heterocycles. The first-order valence-electron chi connectivity index (χ1n) is 6.04. The predicted molar refractivity (Wildman–Crippen MR) is 50.4 cm³/mol. The Bertz CT molecular complexity index is 416. The molecule has 64 valence electrons. The van der Waals surface area contributed by atoms with E-state index in [9.17, 15) is 0 Å². The summed E-state index contributed by atoms with van der Waals surface area (Å²) in [6, 6.07) is 3.98. The van der Waals surface area contributed by atoms with Crippen LogP contribution in [0.4, 0.5) is 0 Å². The Morgan fingerprint density at radius 2 is 2.33 bits per heavy atom. The van der Waals surface area contributed by atoms with Gasteiger partial charge in [-0.25, -0.2) is 0 Å². The highest BCUT2D eigenvalue weighted by atomic mass is 16.4. The lowest BCUT2D eigenvalue weighted by molar-refractivity contribution is 0.425. The van der Waals surface area contributed by atoms with Gasteiger partial charge in [-0.3, -0.25) is 0 Å². The van der Waals surface area contributed by atoms with Gasteiger partial charge in [0.1, 0.15) is 0 Å². The van der Waals surface area contributed by atoms with Gasteiger partial charge in [0.05, 0.1) is 0 Å². The maximum Gasteiger partial charge on any atom is 0.488 e. The molecule has 0 aliphatic heterocycles. The third-order valence-electron chi connectivity index (χ3n) is 1.70. The topological polar surface area (TPSA) is 40.5 Å². The Kier molecular flexibility index (Phi) is 1.38. The molecule has 0 unspecified atom stereocenters. The maximum absolute atomic E-state index is 9.09. The fourth-order valence-corrected chi connectivity index (χ4v) is 0.996. The Hall–Kier alpha value is -0.795.